The lowest BCUT2D eigenvalue weighted by Crippen LogP contribution is -2.02. The number of rotatable bonds is 2. The molecule has 13 heavy (non-hydrogen) atoms. The maximum atomic E-state index is 12.8. The van der Waals surface area contributed by atoms with Gasteiger partial charge in [0, 0.05) is 5.56 Å². The zero-order valence-corrected chi connectivity index (χ0v) is 7.58. The van der Waals surface area contributed by atoms with Gasteiger partial charge >= 0.3 is 0 Å². The Hall–Kier alpha value is -0.770. The SMILES string of the molecule is Cc1c(F)cnc(CCl)c1C(F)F. The fourth-order valence-corrected chi connectivity index (χ4v) is 1.26. The summed E-state index contributed by atoms with van der Waals surface area (Å²) in [5.41, 5.74) is -0.439. The normalized spacial score (nSPS) is 10.9. The molecule has 0 aliphatic rings. The maximum Gasteiger partial charge on any atom is 0.266 e. The van der Waals surface area contributed by atoms with Gasteiger partial charge < -0.3 is 0 Å². The van der Waals surface area contributed by atoms with Crippen LogP contribution in [0.1, 0.15) is 23.2 Å². The molecular weight excluding hydrogens is 203 g/mol. The van der Waals surface area contributed by atoms with Crippen molar-refractivity contribution in [3.8, 4) is 0 Å². The number of hydrogen-bond acceptors (Lipinski definition) is 1. The van der Waals surface area contributed by atoms with Crippen molar-refractivity contribution in [1.82, 2.24) is 4.98 Å². The Morgan fingerprint density at radius 2 is 2.15 bits per heavy atom. The summed E-state index contributed by atoms with van der Waals surface area (Å²) in [5.74, 6) is -0.870. The first-order valence-electron chi connectivity index (χ1n) is 3.56. The van der Waals surface area contributed by atoms with Crippen molar-refractivity contribution < 1.29 is 13.2 Å². The zero-order valence-electron chi connectivity index (χ0n) is 6.82. The molecule has 0 saturated carbocycles. The van der Waals surface area contributed by atoms with Gasteiger partial charge in [-0.1, -0.05) is 0 Å². The molecule has 0 radical (unpaired) electrons. The largest absolute Gasteiger partial charge is 0.266 e. The van der Waals surface area contributed by atoms with Crippen LogP contribution in [0, 0.1) is 12.7 Å². The molecule has 0 aliphatic heterocycles. The summed E-state index contributed by atoms with van der Waals surface area (Å²) in [6.45, 7) is 1.29. The molecule has 0 spiro atoms. The number of aromatic nitrogens is 1. The lowest BCUT2D eigenvalue weighted by atomic mass is 10.1. The van der Waals surface area contributed by atoms with Gasteiger partial charge in [-0.05, 0) is 12.5 Å². The Kier molecular flexibility index (Phi) is 3.14. The van der Waals surface area contributed by atoms with E-state index in [1.54, 1.807) is 0 Å². The monoisotopic (exact) mass is 209 g/mol. The van der Waals surface area contributed by atoms with Crippen molar-refractivity contribution in [2.45, 2.75) is 19.2 Å². The highest BCUT2D eigenvalue weighted by atomic mass is 35.5. The number of halogens is 4. The lowest BCUT2D eigenvalue weighted by Gasteiger charge is -2.08. The smallest absolute Gasteiger partial charge is 0.256 e. The van der Waals surface area contributed by atoms with Gasteiger partial charge in [0.1, 0.15) is 5.82 Å². The summed E-state index contributed by atoms with van der Waals surface area (Å²) in [6.07, 6.45) is -1.84. The van der Waals surface area contributed by atoms with Crippen molar-refractivity contribution in [1.29, 1.82) is 0 Å². The van der Waals surface area contributed by atoms with Crippen LogP contribution in [0.5, 0.6) is 0 Å². The van der Waals surface area contributed by atoms with E-state index >= 15 is 0 Å². The van der Waals surface area contributed by atoms with E-state index in [9.17, 15) is 13.2 Å². The molecule has 0 fully saturated rings. The molecule has 0 N–H and O–H groups in total. The summed E-state index contributed by atoms with van der Waals surface area (Å²) in [5, 5.41) is 0. The van der Waals surface area contributed by atoms with E-state index in [1.807, 2.05) is 0 Å². The van der Waals surface area contributed by atoms with Gasteiger partial charge in [0.05, 0.1) is 17.8 Å². The lowest BCUT2D eigenvalue weighted by molar-refractivity contribution is 0.148. The second kappa shape index (κ2) is 3.96. The molecule has 1 nitrogen and oxygen atoms in total. The van der Waals surface area contributed by atoms with E-state index in [0.29, 0.717) is 0 Å². The summed E-state index contributed by atoms with van der Waals surface area (Å²) in [4.78, 5) is 3.49. The van der Waals surface area contributed by atoms with Gasteiger partial charge in [0.25, 0.3) is 6.43 Å². The van der Waals surface area contributed by atoms with Crippen molar-refractivity contribution in [3.05, 3.63) is 28.8 Å². The van der Waals surface area contributed by atoms with Crippen molar-refractivity contribution in [2.24, 2.45) is 0 Å². The van der Waals surface area contributed by atoms with Crippen molar-refractivity contribution in [3.63, 3.8) is 0 Å². The Morgan fingerprint density at radius 1 is 1.54 bits per heavy atom. The van der Waals surface area contributed by atoms with Crippen LogP contribution in [0.15, 0.2) is 6.20 Å². The number of alkyl halides is 3. The number of hydrogen-bond donors (Lipinski definition) is 0. The van der Waals surface area contributed by atoms with E-state index < -0.39 is 17.8 Å². The highest BCUT2D eigenvalue weighted by Gasteiger charge is 2.18. The molecule has 0 saturated heterocycles. The number of nitrogens with zero attached hydrogens (tertiary/aromatic N) is 1. The highest BCUT2D eigenvalue weighted by molar-refractivity contribution is 6.17. The molecule has 0 amide bonds. The van der Waals surface area contributed by atoms with Gasteiger partial charge in [-0.25, -0.2) is 13.2 Å². The van der Waals surface area contributed by atoms with Crippen LogP contribution in [0.25, 0.3) is 0 Å². The summed E-state index contributed by atoms with van der Waals surface area (Å²) in [6, 6.07) is 0. The maximum absolute atomic E-state index is 12.8. The van der Waals surface area contributed by atoms with Crippen molar-refractivity contribution >= 4 is 11.6 Å². The molecule has 0 aliphatic carbocycles. The third-order valence-electron chi connectivity index (χ3n) is 1.75. The molecule has 0 bridgehead atoms. The standard InChI is InChI=1S/C8H7ClF3N/c1-4-5(10)3-13-6(2-9)7(4)8(11)12/h3,8H,2H2,1H3. The predicted octanol–water partition coefficient (Wildman–Crippen LogP) is 3.21. The van der Waals surface area contributed by atoms with Crippen molar-refractivity contribution in [2.75, 3.05) is 0 Å². The fourth-order valence-electron chi connectivity index (χ4n) is 1.04. The quantitative estimate of drug-likeness (QED) is 0.682. The first-order valence-corrected chi connectivity index (χ1v) is 4.09. The minimum absolute atomic E-state index is 0.0376. The molecule has 0 unspecified atom stereocenters. The van der Waals surface area contributed by atoms with Gasteiger partial charge in [0.15, 0.2) is 0 Å². The van der Waals surface area contributed by atoms with E-state index in [4.69, 9.17) is 11.6 Å². The van der Waals surface area contributed by atoms with E-state index in [1.165, 1.54) is 6.92 Å². The highest BCUT2D eigenvalue weighted by Crippen LogP contribution is 2.27. The molecule has 0 atom stereocenters. The van der Waals surface area contributed by atoms with Crippen LogP contribution < -0.4 is 0 Å². The zero-order chi connectivity index (χ0) is 10.0. The first kappa shape index (κ1) is 10.3. The Bertz CT molecular complexity index is 315. The minimum atomic E-state index is -2.74. The van der Waals surface area contributed by atoms with E-state index in [0.717, 1.165) is 6.20 Å². The minimum Gasteiger partial charge on any atom is -0.256 e. The number of pyridine rings is 1. The molecule has 72 valence electrons. The van der Waals surface area contributed by atoms with E-state index in [-0.39, 0.29) is 17.1 Å². The molecule has 0 aromatic carbocycles. The fraction of sp³-hybridized carbons (Fsp3) is 0.375. The summed E-state index contributed by atoms with van der Waals surface area (Å²) < 4.78 is 37.6. The van der Waals surface area contributed by atoms with Crippen LogP contribution in [-0.4, -0.2) is 4.98 Å². The van der Waals surface area contributed by atoms with Gasteiger partial charge in [-0.3, -0.25) is 4.98 Å². The summed E-state index contributed by atoms with van der Waals surface area (Å²) in [7, 11) is 0. The van der Waals surface area contributed by atoms with Gasteiger partial charge in [0.2, 0.25) is 0 Å². The van der Waals surface area contributed by atoms with Crippen LogP contribution in [0.2, 0.25) is 0 Å². The molecule has 1 aromatic rings. The summed E-state index contributed by atoms with van der Waals surface area (Å²) >= 11 is 5.38. The van der Waals surface area contributed by atoms with Gasteiger partial charge in [-0.15, -0.1) is 11.6 Å². The Morgan fingerprint density at radius 3 is 2.62 bits per heavy atom. The molecule has 5 heteroatoms. The van der Waals surface area contributed by atoms with Crippen LogP contribution in [0.4, 0.5) is 13.2 Å². The molecular formula is C8H7ClF3N. The Labute approximate surface area is 78.5 Å². The predicted molar refractivity (Wildman–Crippen MR) is 43.4 cm³/mol. The first-order chi connectivity index (χ1) is 6.07. The second-order valence-corrected chi connectivity index (χ2v) is 2.79. The topological polar surface area (TPSA) is 12.9 Å². The third kappa shape index (κ3) is 1.94. The van der Waals surface area contributed by atoms with E-state index in [2.05, 4.69) is 4.98 Å². The Balaban J connectivity index is 3.32. The average molecular weight is 210 g/mol. The molecule has 1 heterocycles. The van der Waals surface area contributed by atoms with Crippen LogP contribution in [0.3, 0.4) is 0 Å². The van der Waals surface area contributed by atoms with Crippen LogP contribution in [-0.2, 0) is 5.88 Å². The molecule has 1 rings (SSSR count). The second-order valence-electron chi connectivity index (χ2n) is 2.53. The van der Waals surface area contributed by atoms with Crippen LogP contribution >= 0.6 is 11.6 Å². The average Bonchev–Trinajstić information content (AvgIpc) is 2.08. The molecule has 1 aromatic heterocycles. The van der Waals surface area contributed by atoms with Gasteiger partial charge in [-0.2, -0.15) is 0 Å². The third-order valence-corrected chi connectivity index (χ3v) is 2.00.